The number of nitrogens with one attached hydrogen (secondary N) is 1. The van der Waals surface area contributed by atoms with Crippen molar-refractivity contribution in [2.24, 2.45) is 5.92 Å². The summed E-state index contributed by atoms with van der Waals surface area (Å²) >= 11 is 5.97. The molecule has 1 aliphatic rings. The zero-order valence-electron chi connectivity index (χ0n) is 17.1. The molecule has 7 nitrogen and oxygen atoms in total. The molecule has 30 heavy (non-hydrogen) atoms. The van der Waals surface area contributed by atoms with E-state index in [0.29, 0.717) is 41.6 Å². The van der Waals surface area contributed by atoms with Crippen LogP contribution < -0.4 is 14.8 Å². The van der Waals surface area contributed by atoms with Gasteiger partial charge in [-0.1, -0.05) is 11.6 Å². The van der Waals surface area contributed by atoms with Gasteiger partial charge in [0.15, 0.2) is 11.5 Å². The summed E-state index contributed by atoms with van der Waals surface area (Å²) in [5.41, 5.74) is 1.52. The summed E-state index contributed by atoms with van der Waals surface area (Å²) in [6.45, 7) is 2.34. The molecule has 0 bridgehead atoms. The van der Waals surface area contributed by atoms with E-state index in [1.165, 1.54) is 30.7 Å². The monoisotopic (exact) mass is 452 g/mol. The van der Waals surface area contributed by atoms with Gasteiger partial charge in [0.1, 0.15) is 0 Å². The second-order valence-corrected chi connectivity index (χ2v) is 9.54. The SMILES string of the molecule is COc1ccc(S(=O)(=O)N2CCC[C@H](C(=O)Nc3ccc(Cl)cc3C)C2)cc1OC. The van der Waals surface area contributed by atoms with Gasteiger partial charge in [0.2, 0.25) is 15.9 Å². The summed E-state index contributed by atoms with van der Waals surface area (Å²) in [5.74, 6) is 0.144. The molecule has 0 saturated carbocycles. The lowest BCUT2D eigenvalue weighted by atomic mass is 9.98. The number of hydrogen-bond donors (Lipinski definition) is 1. The Morgan fingerprint density at radius 2 is 1.87 bits per heavy atom. The van der Waals surface area contributed by atoms with Crippen molar-refractivity contribution in [3.05, 3.63) is 47.0 Å². The molecule has 1 fully saturated rings. The molecule has 1 N–H and O–H groups in total. The van der Waals surface area contributed by atoms with Crippen LogP contribution in [0.4, 0.5) is 5.69 Å². The number of rotatable bonds is 6. The molecule has 1 saturated heterocycles. The molecule has 2 aromatic carbocycles. The highest BCUT2D eigenvalue weighted by molar-refractivity contribution is 7.89. The van der Waals surface area contributed by atoms with Crippen LogP contribution in [0, 0.1) is 12.8 Å². The van der Waals surface area contributed by atoms with Crippen molar-refractivity contribution in [3.8, 4) is 11.5 Å². The van der Waals surface area contributed by atoms with Crippen LogP contribution in [0.5, 0.6) is 11.5 Å². The van der Waals surface area contributed by atoms with Gasteiger partial charge in [0, 0.05) is 29.9 Å². The Bertz CT molecular complexity index is 1040. The number of ether oxygens (including phenoxy) is 2. The summed E-state index contributed by atoms with van der Waals surface area (Å²) in [4.78, 5) is 12.9. The Balaban J connectivity index is 1.77. The highest BCUT2D eigenvalue weighted by Crippen LogP contribution is 2.32. The van der Waals surface area contributed by atoms with Gasteiger partial charge in [0.25, 0.3) is 0 Å². The Kier molecular flexibility index (Phi) is 6.90. The molecule has 1 amide bonds. The van der Waals surface area contributed by atoms with Gasteiger partial charge in [-0.3, -0.25) is 4.79 Å². The minimum absolute atomic E-state index is 0.106. The van der Waals surface area contributed by atoms with Gasteiger partial charge in [0.05, 0.1) is 25.0 Å². The smallest absolute Gasteiger partial charge is 0.243 e. The lowest BCUT2D eigenvalue weighted by molar-refractivity contribution is -0.120. The third-order valence-corrected chi connectivity index (χ3v) is 7.29. The lowest BCUT2D eigenvalue weighted by Gasteiger charge is -2.31. The minimum Gasteiger partial charge on any atom is -0.493 e. The molecule has 9 heteroatoms. The van der Waals surface area contributed by atoms with Crippen molar-refractivity contribution in [1.29, 1.82) is 0 Å². The normalized spacial score (nSPS) is 17.4. The average Bonchev–Trinajstić information content (AvgIpc) is 2.75. The van der Waals surface area contributed by atoms with Crippen LogP contribution >= 0.6 is 11.6 Å². The molecule has 3 rings (SSSR count). The van der Waals surface area contributed by atoms with E-state index in [1.54, 1.807) is 24.3 Å². The van der Waals surface area contributed by atoms with Crippen LogP contribution in [0.15, 0.2) is 41.3 Å². The van der Waals surface area contributed by atoms with Gasteiger partial charge in [-0.25, -0.2) is 8.42 Å². The van der Waals surface area contributed by atoms with E-state index in [2.05, 4.69) is 5.32 Å². The maximum atomic E-state index is 13.2. The van der Waals surface area contributed by atoms with Crippen molar-refractivity contribution in [2.75, 3.05) is 32.6 Å². The fraction of sp³-hybridized carbons (Fsp3) is 0.381. The predicted octanol–water partition coefficient (Wildman–Crippen LogP) is 3.71. The Morgan fingerprint density at radius 3 is 2.53 bits per heavy atom. The quantitative estimate of drug-likeness (QED) is 0.722. The van der Waals surface area contributed by atoms with Crippen molar-refractivity contribution < 1.29 is 22.7 Å². The molecule has 0 aliphatic carbocycles. The number of amides is 1. The van der Waals surface area contributed by atoms with Gasteiger partial charge >= 0.3 is 0 Å². The Hall–Kier alpha value is -2.29. The molecule has 1 aliphatic heterocycles. The number of hydrogen-bond acceptors (Lipinski definition) is 5. The third-order valence-electron chi connectivity index (χ3n) is 5.19. The molecule has 1 heterocycles. The number of aryl methyl sites for hydroxylation is 1. The molecule has 0 unspecified atom stereocenters. The number of benzene rings is 2. The molecule has 0 spiro atoms. The molecule has 2 aromatic rings. The summed E-state index contributed by atoms with van der Waals surface area (Å²) in [5, 5.41) is 3.49. The third kappa shape index (κ3) is 4.71. The predicted molar refractivity (Wildman–Crippen MR) is 116 cm³/mol. The maximum absolute atomic E-state index is 13.2. The first-order valence-electron chi connectivity index (χ1n) is 9.55. The van der Waals surface area contributed by atoms with Crippen LogP contribution in [0.2, 0.25) is 5.02 Å². The van der Waals surface area contributed by atoms with Gasteiger partial charge in [-0.2, -0.15) is 4.31 Å². The number of piperidine rings is 1. The van der Waals surface area contributed by atoms with Crippen LogP contribution in [0.3, 0.4) is 0 Å². The topological polar surface area (TPSA) is 84.9 Å². The summed E-state index contributed by atoms with van der Waals surface area (Å²) in [6.07, 6.45) is 1.22. The average molecular weight is 453 g/mol. The summed E-state index contributed by atoms with van der Waals surface area (Å²) < 4.78 is 38.1. The summed E-state index contributed by atoms with van der Waals surface area (Å²) in [6, 6.07) is 9.71. The van der Waals surface area contributed by atoms with E-state index in [-0.39, 0.29) is 17.3 Å². The number of halogens is 1. The zero-order valence-corrected chi connectivity index (χ0v) is 18.7. The molecule has 0 radical (unpaired) electrons. The molecule has 0 aromatic heterocycles. The second kappa shape index (κ2) is 9.24. The molecule has 1 atom stereocenters. The van der Waals surface area contributed by atoms with E-state index in [4.69, 9.17) is 21.1 Å². The highest BCUT2D eigenvalue weighted by atomic mass is 35.5. The number of sulfonamides is 1. The lowest BCUT2D eigenvalue weighted by Crippen LogP contribution is -2.43. The van der Waals surface area contributed by atoms with Crippen molar-refractivity contribution in [2.45, 2.75) is 24.7 Å². The number of methoxy groups -OCH3 is 2. The molecule has 162 valence electrons. The number of carbonyl (C=O) groups excluding carboxylic acids is 1. The van der Waals surface area contributed by atoms with Crippen LogP contribution in [0.25, 0.3) is 0 Å². The van der Waals surface area contributed by atoms with E-state index < -0.39 is 15.9 Å². The molecular formula is C21H25ClN2O5S. The summed E-state index contributed by atoms with van der Waals surface area (Å²) in [7, 11) is -0.831. The van der Waals surface area contributed by atoms with Crippen molar-refractivity contribution in [1.82, 2.24) is 4.31 Å². The number of nitrogens with zero attached hydrogens (tertiary/aromatic N) is 1. The van der Waals surface area contributed by atoms with Gasteiger partial charge in [-0.15, -0.1) is 0 Å². The van der Waals surface area contributed by atoms with Gasteiger partial charge in [-0.05, 0) is 55.7 Å². The fourth-order valence-corrected chi connectivity index (χ4v) is 5.27. The van der Waals surface area contributed by atoms with Gasteiger partial charge < -0.3 is 14.8 Å². The van der Waals surface area contributed by atoms with Crippen LogP contribution in [-0.2, 0) is 14.8 Å². The van der Waals surface area contributed by atoms with Crippen LogP contribution in [-0.4, -0.2) is 45.9 Å². The first-order chi connectivity index (χ1) is 14.3. The minimum atomic E-state index is -3.77. The second-order valence-electron chi connectivity index (χ2n) is 7.17. The van der Waals surface area contributed by atoms with E-state index in [0.717, 1.165) is 5.56 Å². The van der Waals surface area contributed by atoms with E-state index in [1.807, 2.05) is 6.92 Å². The fourth-order valence-electron chi connectivity index (χ4n) is 3.50. The highest BCUT2D eigenvalue weighted by Gasteiger charge is 2.34. The first-order valence-corrected chi connectivity index (χ1v) is 11.4. The van der Waals surface area contributed by atoms with Crippen molar-refractivity contribution >= 4 is 33.2 Å². The van der Waals surface area contributed by atoms with E-state index >= 15 is 0 Å². The molecular weight excluding hydrogens is 428 g/mol. The van der Waals surface area contributed by atoms with E-state index in [9.17, 15) is 13.2 Å². The maximum Gasteiger partial charge on any atom is 0.243 e. The zero-order chi connectivity index (χ0) is 21.9. The standard InChI is InChI=1S/C21H25ClN2O5S/c1-14-11-16(22)6-8-18(14)23-21(25)15-5-4-10-24(13-15)30(26,27)17-7-9-19(28-2)20(12-17)29-3/h6-9,11-12,15H,4-5,10,13H2,1-3H3,(H,23,25)/t15-/m0/s1. The Morgan fingerprint density at radius 1 is 1.13 bits per heavy atom. The van der Waals surface area contributed by atoms with Crippen molar-refractivity contribution in [3.63, 3.8) is 0 Å². The van der Waals surface area contributed by atoms with Crippen LogP contribution in [0.1, 0.15) is 18.4 Å². The number of carbonyl (C=O) groups is 1. The number of anilines is 1. The largest absolute Gasteiger partial charge is 0.493 e. The Labute approximate surface area is 182 Å². The first kappa shape index (κ1) is 22.4.